The topological polar surface area (TPSA) is 41.5 Å². The number of rotatable bonds is 4. The zero-order valence-electron chi connectivity index (χ0n) is 8.84. The molecule has 1 aliphatic heterocycles. The molecule has 0 radical (unpaired) electrons. The van der Waals surface area contributed by atoms with Gasteiger partial charge in [0.05, 0.1) is 11.7 Å². The van der Waals surface area contributed by atoms with Crippen molar-refractivity contribution in [3.63, 3.8) is 0 Å². The minimum atomic E-state index is -0.632. The molecule has 0 amide bonds. The molecule has 0 aromatic rings. The zero-order chi connectivity index (χ0) is 9.90. The maximum Gasteiger partial charge on any atom is 0.0726 e. The molecular weight excluding hydrogens is 166 g/mol. The lowest BCUT2D eigenvalue weighted by molar-refractivity contribution is 0.0525. The Morgan fingerprint density at radius 3 is 2.77 bits per heavy atom. The van der Waals surface area contributed by atoms with Crippen LogP contribution in [0.5, 0.6) is 0 Å². The predicted molar refractivity (Wildman–Crippen MR) is 52.7 cm³/mol. The Bertz CT molecular complexity index is 147. The van der Waals surface area contributed by atoms with Gasteiger partial charge in [-0.15, -0.1) is 0 Å². The fraction of sp³-hybridized carbons (Fsp3) is 1.00. The van der Waals surface area contributed by atoms with Crippen molar-refractivity contribution in [3.05, 3.63) is 0 Å². The largest absolute Gasteiger partial charge is 0.389 e. The lowest BCUT2D eigenvalue weighted by atomic mass is 10.1. The monoisotopic (exact) mass is 187 g/mol. The molecule has 0 bridgehead atoms. The summed E-state index contributed by atoms with van der Waals surface area (Å²) in [4.78, 5) is 0. The molecule has 3 heteroatoms. The smallest absolute Gasteiger partial charge is 0.0726 e. The number of aliphatic hydroxyl groups is 1. The molecule has 0 spiro atoms. The van der Waals surface area contributed by atoms with E-state index in [1.54, 1.807) is 0 Å². The van der Waals surface area contributed by atoms with Crippen molar-refractivity contribution >= 4 is 0 Å². The quantitative estimate of drug-likeness (QED) is 0.687. The SMILES string of the molecule is CC(NCC(C)(C)O)C1CCCO1. The van der Waals surface area contributed by atoms with Crippen LogP contribution in [0.25, 0.3) is 0 Å². The van der Waals surface area contributed by atoms with E-state index < -0.39 is 5.60 Å². The molecule has 1 aliphatic rings. The molecule has 1 fully saturated rings. The highest BCUT2D eigenvalue weighted by Crippen LogP contribution is 2.15. The molecule has 78 valence electrons. The van der Waals surface area contributed by atoms with Gasteiger partial charge in [-0.2, -0.15) is 0 Å². The van der Waals surface area contributed by atoms with E-state index in [0.29, 0.717) is 18.7 Å². The normalized spacial score (nSPS) is 26.3. The summed E-state index contributed by atoms with van der Waals surface area (Å²) in [5.41, 5.74) is -0.632. The van der Waals surface area contributed by atoms with Gasteiger partial charge in [-0.1, -0.05) is 0 Å². The highest BCUT2D eigenvalue weighted by atomic mass is 16.5. The summed E-state index contributed by atoms with van der Waals surface area (Å²) in [5.74, 6) is 0. The first-order valence-electron chi connectivity index (χ1n) is 5.06. The summed E-state index contributed by atoms with van der Waals surface area (Å²) in [6.07, 6.45) is 2.64. The molecule has 0 aromatic heterocycles. The molecule has 1 saturated heterocycles. The van der Waals surface area contributed by atoms with Gasteiger partial charge in [0, 0.05) is 19.2 Å². The third kappa shape index (κ3) is 4.07. The van der Waals surface area contributed by atoms with E-state index in [2.05, 4.69) is 12.2 Å². The van der Waals surface area contributed by atoms with E-state index in [9.17, 15) is 5.11 Å². The molecule has 2 N–H and O–H groups in total. The Morgan fingerprint density at radius 1 is 1.62 bits per heavy atom. The molecule has 0 saturated carbocycles. The number of nitrogens with one attached hydrogen (secondary N) is 1. The van der Waals surface area contributed by atoms with E-state index in [4.69, 9.17) is 4.74 Å². The van der Waals surface area contributed by atoms with Crippen LogP contribution in [0.3, 0.4) is 0 Å². The second-order valence-corrected chi connectivity index (χ2v) is 4.53. The van der Waals surface area contributed by atoms with E-state index in [-0.39, 0.29) is 0 Å². The molecule has 2 atom stereocenters. The highest BCUT2D eigenvalue weighted by Gasteiger charge is 2.23. The lowest BCUT2D eigenvalue weighted by Gasteiger charge is -2.24. The van der Waals surface area contributed by atoms with Crippen molar-refractivity contribution in [1.29, 1.82) is 0 Å². The molecule has 2 unspecified atom stereocenters. The van der Waals surface area contributed by atoms with Gasteiger partial charge >= 0.3 is 0 Å². The van der Waals surface area contributed by atoms with E-state index in [1.165, 1.54) is 6.42 Å². The summed E-state index contributed by atoms with van der Waals surface area (Å²) in [6.45, 7) is 7.24. The van der Waals surface area contributed by atoms with E-state index in [1.807, 2.05) is 13.8 Å². The molecule has 1 heterocycles. The van der Waals surface area contributed by atoms with Crippen LogP contribution in [0.4, 0.5) is 0 Å². The van der Waals surface area contributed by atoms with Crippen LogP contribution in [0.2, 0.25) is 0 Å². The lowest BCUT2D eigenvalue weighted by Crippen LogP contribution is -2.44. The summed E-state index contributed by atoms with van der Waals surface area (Å²) in [6, 6.07) is 0.342. The first-order valence-corrected chi connectivity index (χ1v) is 5.06. The van der Waals surface area contributed by atoms with Gasteiger partial charge in [0.1, 0.15) is 0 Å². The Hall–Kier alpha value is -0.120. The van der Waals surface area contributed by atoms with Gasteiger partial charge < -0.3 is 15.2 Å². The Morgan fingerprint density at radius 2 is 2.31 bits per heavy atom. The van der Waals surface area contributed by atoms with Gasteiger partial charge in [-0.3, -0.25) is 0 Å². The first kappa shape index (κ1) is 11.0. The summed E-state index contributed by atoms with van der Waals surface area (Å²) in [7, 11) is 0. The zero-order valence-corrected chi connectivity index (χ0v) is 8.84. The van der Waals surface area contributed by atoms with Crippen LogP contribution < -0.4 is 5.32 Å². The fourth-order valence-corrected chi connectivity index (χ4v) is 1.54. The van der Waals surface area contributed by atoms with Crippen molar-refractivity contribution in [2.24, 2.45) is 0 Å². The minimum Gasteiger partial charge on any atom is -0.389 e. The Balaban J connectivity index is 2.20. The standard InChI is InChI=1S/C10H21NO2/c1-8(9-5-4-6-13-9)11-7-10(2,3)12/h8-9,11-12H,4-7H2,1-3H3. The average Bonchev–Trinajstić information content (AvgIpc) is 2.50. The summed E-state index contributed by atoms with van der Waals surface area (Å²) in [5, 5.41) is 12.8. The first-order chi connectivity index (χ1) is 5.99. The van der Waals surface area contributed by atoms with Crippen molar-refractivity contribution in [2.75, 3.05) is 13.2 Å². The third-order valence-corrected chi connectivity index (χ3v) is 2.38. The minimum absolute atomic E-state index is 0.336. The number of ether oxygens (including phenoxy) is 1. The second-order valence-electron chi connectivity index (χ2n) is 4.53. The van der Waals surface area contributed by atoms with Gasteiger partial charge in [0.15, 0.2) is 0 Å². The third-order valence-electron chi connectivity index (χ3n) is 2.38. The molecule has 0 aliphatic carbocycles. The van der Waals surface area contributed by atoms with Crippen molar-refractivity contribution < 1.29 is 9.84 Å². The van der Waals surface area contributed by atoms with Crippen molar-refractivity contribution in [1.82, 2.24) is 5.32 Å². The second kappa shape index (κ2) is 4.40. The summed E-state index contributed by atoms with van der Waals surface area (Å²) >= 11 is 0. The van der Waals surface area contributed by atoms with E-state index in [0.717, 1.165) is 13.0 Å². The van der Waals surface area contributed by atoms with Crippen molar-refractivity contribution in [3.8, 4) is 0 Å². The Labute approximate surface area is 80.5 Å². The fourth-order valence-electron chi connectivity index (χ4n) is 1.54. The van der Waals surface area contributed by atoms with Gasteiger partial charge in [-0.25, -0.2) is 0 Å². The van der Waals surface area contributed by atoms with Gasteiger partial charge in [-0.05, 0) is 33.6 Å². The van der Waals surface area contributed by atoms with Crippen LogP contribution in [0.15, 0.2) is 0 Å². The van der Waals surface area contributed by atoms with Gasteiger partial charge in [0.2, 0.25) is 0 Å². The molecule has 3 nitrogen and oxygen atoms in total. The van der Waals surface area contributed by atoms with Crippen LogP contribution in [0, 0.1) is 0 Å². The number of hydrogen-bond donors (Lipinski definition) is 2. The van der Waals surface area contributed by atoms with Crippen LogP contribution in [0.1, 0.15) is 33.6 Å². The van der Waals surface area contributed by atoms with Crippen LogP contribution in [-0.2, 0) is 4.74 Å². The highest BCUT2D eigenvalue weighted by molar-refractivity contribution is 4.79. The predicted octanol–water partition coefficient (Wildman–Crippen LogP) is 0.914. The number of hydrogen-bond acceptors (Lipinski definition) is 3. The molecule has 13 heavy (non-hydrogen) atoms. The Kier molecular flexibility index (Phi) is 3.71. The van der Waals surface area contributed by atoms with Crippen LogP contribution >= 0.6 is 0 Å². The summed E-state index contributed by atoms with van der Waals surface area (Å²) < 4.78 is 5.54. The average molecular weight is 187 g/mol. The molecule has 0 aromatic carbocycles. The van der Waals surface area contributed by atoms with Crippen molar-refractivity contribution in [2.45, 2.75) is 51.4 Å². The van der Waals surface area contributed by atoms with Gasteiger partial charge in [0.25, 0.3) is 0 Å². The maximum absolute atomic E-state index is 9.51. The molecular formula is C10H21NO2. The maximum atomic E-state index is 9.51. The van der Waals surface area contributed by atoms with E-state index >= 15 is 0 Å². The van der Waals surface area contributed by atoms with Crippen LogP contribution in [-0.4, -0.2) is 36.0 Å². The molecule has 1 rings (SSSR count).